The number of nitrogens with zero attached hydrogens (tertiary/aromatic N) is 1. The van der Waals surface area contributed by atoms with Crippen molar-refractivity contribution in [1.29, 1.82) is 0 Å². The molecule has 136 valence electrons. The Bertz CT molecular complexity index is 647. The molecule has 0 saturated carbocycles. The van der Waals surface area contributed by atoms with Crippen molar-refractivity contribution in [1.82, 2.24) is 9.62 Å². The van der Waals surface area contributed by atoms with Crippen molar-refractivity contribution in [3.63, 3.8) is 0 Å². The number of nitrogens with one attached hydrogen (secondary N) is 1. The lowest BCUT2D eigenvalue weighted by molar-refractivity contribution is 0.0741. The van der Waals surface area contributed by atoms with Gasteiger partial charge in [0, 0.05) is 31.2 Å². The van der Waals surface area contributed by atoms with Gasteiger partial charge in [-0.25, -0.2) is 13.1 Å². The Morgan fingerprint density at radius 3 is 2.50 bits per heavy atom. The molecule has 8 heteroatoms. The summed E-state index contributed by atoms with van der Waals surface area (Å²) in [4.78, 5) is 14.4. The molecule has 6 nitrogen and oxygen atoms in total. The molecule has 2 rings (SSSR count). The van der Waals surface area contributed by atoms with Gasteiger partial charge in [0.2, 0.25) is 10.0 Å². The maximum Gasteiger partial charge on any atom is 0.254 e. The highest BCUT2D eigenvalue weighted by atomic mass is 35.5. The van der Waals surface area contributed by atoms with Crippen molar-refractivity contribution in [2.75, 3.05) is 19.6 Å². The van der Waals surface area contributed by atoms with E-state index >= 15 is 0 Å². The molecular formula is C16H26ClN3O3S. The van der Waals surface area contributed by atoms with Gasteiger partial charge in [-0.3, -0.25) is 4.79 Å². The number of sulfonamides is 1. The molecule has 1 atom stereocenters. The second kappa shape index (κ2) is 8.80. The van der Waals surface area contributed by atoms with Gasteiger partial charge in [0.05, 0.1) is 4.90 Å². The molecule has 0 aromatic heterocycles. The lowest BCUT2D eigenvalue weighted by Crippen LogP contribution is -2.39. The molecule has 1 fully saturated rings. The normalized spacial score (nSPS) is 17.8. The Kier molecular flexibility index (Phi) is 7.66. The Morgan fingerprint density at radius 2 is 1.96 bits per heavy atom. The molecule has 3 N–H and O–H groups in total. The van der Waals surface area contributed by atoms with E-state index in [1.807, 2.05) is 13.8 Å². The highest BCUT2D eigenvalue weighted by Gasteiger charge is 2.28. The number of nitrogens with two attached hydrogens (primary N) is 1. The van der Waals surface area contributed by atoms with Crippen LogP contribution in [0.1, 0.15) is 37.0 Å². The van der Waals surface area contributed by atoms with Gasteiger partial charge < -0.3 is 10.6 Å². The maximum absolute atomic E-state index is 12.5. The predicted molar refractivity (Wildman–Crippen MR) is 96.8 cm³/mol. The Morgan fingerprint density at radius 1 is 1.33 bits per heavy atom. The lowest BCUT2D eigenvalue weighted by atomic mass is 10.1. The van der Waals surface area contributed by atoms with Gasteiger partial charge in [0.1, 0.15) is 0 Å². The second-order valence-corrected chi connectivity index (χ2v) is 8.07. The van der Waals surface area contributed by atoms with E-state index in [1.54, 1.807) is 17.0 Å². The molecule has 1 heterocycles. The summed E-state index contributed by atoms with van der Waals surface area (Å²) in [6, 6.07) is 6.17. The zero-order valence-electron chi connectivity index (χ0n) is 14.1. The molecule has 1 amide bonds. The fraction of sp³-hybridized carbons (Fsp3) is 0.562. The highest BCUT2D eigenvalue weighted by Crippen LogP contribution is 2.20. The number of amides is 1. The van der Waals surface area contributed by atoms with E-state index in [0.29, 0.717) is 25.2 Å². The first-order valence-electron chi connectivity index (χ1n) is 7.96. The van der Waals surface area contributed by atoms with Crippen LogP contribution in [0.25, 0.3) is 0 Å². The maximum atomic E-state index is 12.5. The molecular weight excluding hydrogens is 350 g/mol. The minimum atomic E-state index is -3.53. The van der Waals surface area contributed by atoms with Crippen molar-refractivity contribution in [3.05, 3.63) is 29.8 Å². The van der Waals surface area contributed by atoms with Crippen molar-refractivity contribution >= 4 is 28.3 Å². The van der Waals surface area contributed by atoms with E-state index in [1.165, 1.54) is 12.1 Å². The van der Waals surface area contributed by atoms with E-state index in [9.17, 15) is 13.2 Å². The molecule has 24 heavy (non-hydrogen) atoms. The highest BCUT2D eigenvalue weighted by molar-refractivity contribution is 7.89. The molecule has 1 aliphatic heterocycles. The third kappa shape index (κ3) is 4.92. The van der Waals surface area contributed by atoms with E-state index in [2.05, 4.69) is 4.72 Å². The topological polar surface area (TPSA) is 92.5 Å². The van der Waals surface area contributed by atoms with Crippen molar-refractivity contribution < 1.29 is 13.2 Å². The minimum absolute atomic E-state index is 0. The first kappa shape index (κ1) is 20.9. The van der Waals surface area contributed by atoms with Crippen molar-refractivity contribution in [3.8, 4) is 0 Å². The zero-order valence-corrected chi connectivity index (χ0v) is 15.7. The smallest absolute Gasteiger partial charge is 0.254 e. The number of hydrogen-bond acceptors (Lipinski definition) is 4. The van der Waals surface area contributed by atoms with Crippen LogP contribution in [0.3, 0.4) is 0 Å². The number of likely N-dealkylation sites (tertiary alicyclic amines) is 1. The standard InChI is InChI=1S/C16H25N3O3S.ClH/c1-12(2)11-18-23(21,22)15-7-5-13(6-8-15)16(20)19-9-3-4-14(19)10-17;/h5-8,12,14,18H,3-4,9-11,17H2,1-2H3;1H. The van der Waals surface area contributed by atoms with Crippen molar-refractivity contribution in [2.24, 2.45) is 11.7 Å². The van der Waals surface area contributed by atoms with Crippen LogP contribution in [0.5, 0.6) is 0 Å². The summed E-state index contributed by atoms with van der Waals surface area (Å²) in [6.45, 7) is 5.42. The number of carbonyl (C=O) groups is 1. The zero-order chi connectivity index (χ0) is 17.0. The van der Waals surface area contributed by atoms with Crippen LogP contribution in [0.4, 0.5) is 0 Å². The summed E-state index contributed by atoms with van der Waals surface area (Å²) in [7, 11) is -3.53. The lowest BCUT2D eigenvalue weighted by Gasteiger charge is -2.23. The molecule has 0 aliphatic carbocycles. The van der Waals surface area contributed by atoms with Crippen LogP contribution in [0, 0.1) is 5.92 Å². The van der Waals surface area contributed by atoms with Gasteiger partial charge in [0.15, 0.2) is 0 Å². The SMILES string of the molecule is CC(C)CNS(=O)(=O)c1ccc(C(=O)N2CCCC2CN)cc1.Cl. The Hall–Kier alpha value is -1.15. The molecule has 1 aliphatic rings. The van der Waals surface area contributed by atoms with Crippen molar-refractivity contribution in [2.45, 2.75) is 37.6 Å². The summed E-state index contributed by atoms with van der Waals surface area (Å²) in [5, 5.41) is 0. The fourth-order valence-corrected chi connectivity index (χ4v) is 3.86. The number of hydrogen-bond donors (Lipinski definition) is 2. The first-order chi connectivity index (χ1) is 10.8. The number of halogens is 1. The predicted octanol–water partition coefficient (Wildman–Crippen LogP) is 1.61. The van der Waals surface area contributed by atoms with E-state index in [4.69, 9.17) is 5.73 Å². The molecule has 0 radical (unpaired) electrons. The molecule has 1 aromatic carbocycles. The van der Waals surface area contributed by atoms with Gasteiger partial charge in [-0.15, -0.1) is 12.4 Å². The Balaban J connectivity index is 0.00000288. The van der Waals surface area contributed by atoms with Crippen LogP contribution in [0.15, 0.2) is 29.2 Å². The van der Waals surface area contributed by atoms with E-state index in [-0.39, 0.29) is 35.2 Å². The van der Waals surface area contributed by atoms with Crippen LogP contribution < -0.4 is 10.5 Å². The molecule has 0 spiro atoms. The molecule has 1 unspecified atom stereocenters. The molecule has 1 aromatic rings. The van der Waals surface area contributed by atoms with Gasteiger partial charge in [0.25, 0.3) is 5.91 Å². The average molecular weight is 376 g/mol. The minimum Gasteiger partial charge on any atom is -0.334 e. The number of benzene rings is 1. The number of carbonyl (C=O) groups excluding carboxylic acids is 1. The van der Waals surface area contributed by atoms with Crippen LogP contribution >= 0.6 is 12.4 Å². The van der Waals surface area contributed by atoms with Gasteiger partial charge in [-0.05, 0) is 43.0 Å². The molecule has 0 bridgehead atoms. The van der Waals surface area contributed by atoms with Gasteiger partial charge >= 0.3 is 0 Å². The monoisotopic (exact) mass is 375 g/mol. The molecule has 1 saturated heterocycles. The van der Waals surface area contributed by atoms with E-state index in [0.717, 1.165) is 12.8 Å². The fourth-order valence-electron chi connectivity index (χ4n) is 2.65. The quantitative estimate of drug-likeness (QED) is 0.789. The third-order valence-corrected chi connectivity index (χ3v) is 5.44. The van der Waals surface area contributed by atoms with Gasteiger partial charge in [-0.2, -0.15) is 0 Å². The third-order valence-electron chi connectivity index (χ3n) is 4.00. The van der Waals surface area contributed by atoms with Crippen LogP contribution in [-0.2, 0) is 10.0 Å². The summed E-state index contributed by atoms with van der Waals surface area (Å²) in [5.74, 6) is 0.144. The van der Waals surface area contributed by atoms with E-state index < -0.39 is 10.0 Å². The first-order valence-corrected chi connectivity index (χ1v) is 9.44. The summed E-state index contributed by atoms with van der Waals surface area (Å²) in [6.07, 6.45) is 1.88. The second-order valence-electron chi connectivity index (χ2n) is 6.30. The summed E-state index contributed by atoms with van der Waals surface area (Å²) in [5.41, 5.74) is 6.19. The average Bonchev–Trinajstić information content (AvgIpc) is 3.01. The van der Waals surface area contributed by atoms with Gasteiger partial charge in [-0.1, -0.05) is 13.8 Å². The Labute approximate surface area is 150 Å². The van der Waals surface area contributed by atoms with Crippen LogP contribution in [-0.4, -0.2) is 44.9 Å². The summed E-state index contributed by atoms with van der Waals surface area (Å²) < 4.78 is 26.9. The summed E-state index contributed by atoms with van der Waals surface area (Å²) >= 11 is 0. The van der Waals surface area contributed by atoms with Crippen LogP contribution in [0.2, 0.25) is 0 Å². The largest absolute Gasteiger partial charge is 0.334 e. The number of rotatable bonds is 6.